The Balaban J connectivity index is 3.41. The topological polar surface area (TPSA) is 70.7 Å². The first-order valence-electron chi connectivity index (χ1n) is 5.38. The third-order valence-corrected chi connectivity index (χ3v) is 1.77. The number of amides is 2. The molecule has 0 heterocycles. The first-order valence-corrected chi connectivity index (χ1v) is 5.38. The Labute approximate surface area is 96.3 Å². The van der Waals surface area contributed by atoms with E-state index in [4.69, 9.17) is 0 Å². The van der Waals surface area contributed by atoms with Crippen LogP contribution in [0, 0.1) is 0 Å². The van der Waals surface area contributed by atoms with E-state index in [1.54, 1.807) is 6.92 Å². The molecule has 0 spiro atoms. The lowest BCUT2D eigenvalue weighted by molar-refractivity contribution is -0.120. The van der Waals surface area contributed by atoms with Crippen LogP contribution in [0.15, 0.2) is 0 Å². The minimum atomic E-state index is -0.564. The molecule has 0 aliphatic heterocycles. The van der Waals surface area contributed by atoms with E-state index < -0.39 is 6.09 Å². The number of hydrogen-bond donors (Lipinski definition) is 2. The summed E-state index contributed by atoms with van der Waals surface area (Å²) in [5.41, 5.74) is 0. The summed E-state index contributed by atoms with van der Waals surface area (Å²) in [6, 6.07) is 0. The lowest BCUT2D eigenvalue weighted by Crippen LogP contribution is -2.38. The van der Waals surface area contributed by atoms with Crippen molar-refractivity contribution in [1.29, 1.82) is 0 Å². The minimum Gasteiger partial charge on any atom is -0.450 e. The van der Waals surface area contributed by atoms with E-state index in [1.807, 2.05) is 19.0 Å². The fourth-order valence-corrected chi connectivity index (χ4v) is 1.02. The summed E-state index contributed by atoms with van der Waals surface area (Å²) in [5, 5.41) is 5.05. The van der Waals surface area contributed by atoms with Crippen LogP contribution in [0.4, 0.5) is 4.79 Å². The van der Waals surface area contributed by atoms with Crippen LogP contribution in [-0.2, 0) is 9.53 Å². The molecule has 6 heteroatoms. The van der Waals surface area contributed by atoms with Gasteiger partial charge in [-0.05, 0) is 34.0 Å². The van der Waals surface area contributed by atoms with Crippen molar-refractivity contribution in [2.45, 2.75) is 13.3 Å². The van der Waals surface area contributed by atoms with Crippen LogP contribution in [0.2, 0.25) is 0 Å². The molecule has 2 N–H and O–H groups in total. The maximum Gasteiger partial charge on any atom is 0.407 e. The molecule has 0 aliphatic carbocycles. The number of nitrogens with zero attached hydrogens (tertiary/aromatic N) is 1. The first kappa shape index (κ1) is 14.7. The van der Waals surface area contributed by atoms with Crippen molar-refractivity contribution in [2.75, 3.05) is 40.3 Å². The Morgan fingerprint density at radius 1 is 1.25 bits per heavy atom. The van der Waals surface area contributed by atoms with Gasteiger partial charge in [-0.15, -0.1) is 0 Å². The van der Waals surface area contributed by atoms with Gasteiger partial charge in [0.15, 0.2) is 0 Å². The van der Waals surface area contributed by atoms with Crippen LogP contribution in [0.3, 0.4) is 0 Å². The van der Waals surface area contributed by atoms with Gasteiger partial charge in [0.2, 0.25) is 5.91 Å². The van der Waals surface area contributed by atoms with Crippen molar-refractivity contribution in [3.63, 3.8) is 0 Å². The van der Waals surface area contributed by atoms with E-state index in [-0.39, 0.29) is 12.5 Å². The summed E-state index contributed by atoms with van der Waals surface area (Å²) in [5.74, 6) is -0.202. The van der Waals surface area contributed by atoms with Gasteiger partial charge in [0, 0.05) is 6.54 Å². The maximum absolute atomic E-state index is 11.2. The van der Waals surface area contributed by atoms with Crippen LogP contribution in [-0.4, -0.2) is 57.2 Å². The van der Waals surface area contributed by atoms with Gasteiger partial charge in [0.1, 0.15) is 0 Å². The monoisotopic (exact) mass is 231 g/mol. The maximum atomic E-state index is 11.2. The Bertz CT molecular complexity index is 219. The number of hydrogen-bond acceptors (Lipinski definition) is 4. The molecule has 0 aromatic carbocycles. The average molecular weight is 231 g/mol. The second-order valence-corrected chi connectivity index (χ2v) is 3.58. The van der Waals surface area contributed by atoms with Crippen LogP contribution in [0.1, 0.15) is 13.3 Å². The zero-order valence-electron chi connectivity index (χ0n) is 10.2. The highest BCUT2D eigenvalue weighted by Gasteiger charge is 2.04. The van der Waals surface area contributed by atoms with Crippen LogP contribution in [0.5, 0.6) is 0 Å². The highest BCUT2D eigenvalue weighted by atomic mass is 16.5. The second kappa shape index (κ2) is 8.96. The van der Waals surface area contributed by atoms with Gasteiger partial charge in [-0.2, -0.15) is 0 Å². The molecule has 0 saturated carbocycles. The highest BCUT2D eigenvalue weighted by Crippen LogP contribution is 1.81. The number of carbonyl (C=O) groups is 2. The predicted octanol–water partition coefficient (Wildman–Crippen LogP) is -0.200. The van der Waals surface area contributed by atoms with E-state index in [0.717, 1.165) is 13.0 Å². The molecule has 0 atom stereocenters. The van der Waals surface area contributed by atoms with Gasteiger partial charge >= 0.3 is 6.09 Å². The van der Waals surface area contributed by atoms with Gasteiger partial charge in [0.05, 0.1) is 13.2 Å². The molecule has 6 nitrogen and oxygen atoms in total. The SMILES string of the molecule is CCOC(=O)NCC(=O)NCCCN(C)C. The number of carbonyl (C=O) groups excluding carboxylic acids is 2. The predicted molar refractivity (Wildman–Crippen MR) is 61.2 cm³/mol. The van der Waals surface area contributed by atoms with Crippen molar-refractivity contribution in [2.24, 2.45) is 0 Å². The van der Waals surface area contributed by atoms with Crippen molar-refractivity contribution >= 4 is 12.0 Å². The van der Waals surface area contributed by atoms with Crippen LogP contribution >= 0.6 is 0 Å². The van der Waals surface area contributed by atoms with Gasteiger partial charge in [-0.25, -0.2) is 4.79 Å². The van der Waals surface area contributed by atoms with E-state index in [1.165, 1.54) is 0 Å². The average Bonchev–Trinajstić information content (AvgIpc) is 2.22. The fourth-order valence-electron chi connectivity index (χ4n) is 1.02. The van der Waals surface area contributed by atoms with E-state index in [0.29, 0.717) is 13.2 Å². The smallest absolute Gasteiger partial charge is 0.407 e. The zero-order valence-corrected chi connectivity index (χ0v) is 10.2. The molecule has 0 radical (unpaired) electrons. The third-order valence-electron chi connectivity index (χ3n) is 1.77. The normalized spacial score (nSPS) is 10.0. The van der Waals surface area contributed by atoms with Crippen molar-refractivity contribution < 1.29 is 14.3 Å². The quantitative estimate of drug-likeness (QED) is 0.595. The Morgan fingerprint density at radius 2 is 1.94 bits per heavy atom. The summed E-state index contributed by atoms with van der Waals surface area (Å²) in [6.45, 7) is 3.51. The molecule has 94 valence electrons. The largest absolute Gasteiger partial charge is 0.450 e. The first-order chi connectivity index (χ1) is 7.56. The molecule has 2 amide bonds. The van der Waals surface area contributed by atoms with E-state index in [2.05, 4.69) is 15.4 Å². The summed E-state index contributed by atoms with van der Waals surface area (Å²) in [6.07, 6.45) is 0.323. The van der Waals surface area contributed by atoms with Crippen LogP contribution in [0.25, 0.3) is 0 Å². The molecule has 16 heavy (non-hydrogen) atoms. The Hall–Kier alpha value is -1.30. The lowest BCUT2D eigenvalue weighted by atomic mass is 10.4. The molecule has 0 fully saturated rings. The van der Waals surface area contributed by atoms with E-state index >= 15 is 0 Å². The van der Waals surface area contributed by atoms with Crippen molar-refractivity contribution in [3.8, 4) is 0 Å². The van der Waals surface area contributed by atoms with Crippen molar-refractivity contribution in [1.82, 2.24) is 15.5 Å². The summed E-state index contributed by atoms with van der Waals surface area (Å²) in [4.78, 5) is 24.1. The number of nitrogens with one attached hydrogen (secondary N) is 2. The molecule has 0 bridgehead atoms. The summed E-state index contributed by atoms with van der Waals surface area (Å²) in [7, 11) is 3.95. The molecule has 0 saturated heterocycles. The summed E-state index contributed by atoms with van der Waals surface area (Å²) < 4.78 is 4.61. The summed E-state index contributed by atoms with van der Waals surface area (Å²) >= 11 is 0. The second-order valence-electron chi connectivity index (χ2n) is 3.58. The van der Waals surface area contributed by atoms with Crippen molar-refractivity contribution in [3.05, 3.63) is 0 Å². The Kier molecular flexibility index (Phi) is 8.24. The molecule has 0 aromatic rings. The van der Waals surface area contributed by atoms with Gasteiger partial charge < -0.3 is 20.3 Å². The zero-order chi connectivity index (χ0) is 12.4. The molecular weight excluding hydrogens is 210 g/mol. The molecule has 0 unspecified atom stereocenters. The molecule has 0 aromatic heterocycles. The van der Waals surface area contributed by atoms with Crippen LogP contribution < -0.4 is 10.6 Å². The molecule has 0 rings (SSSR count). The number of alkyl carbamates (subject to hydrolysis) is 1. The third kappa shape index (κ3) is 9.26. The number of ether oxygens (including phenoxy) is 1. The highest BCUT2D eigenvalue weighted by molar-refractivity contribution is 5.81. The minimum absolute atomic E-state index is 0.0409. The van der Waals surface area contributed by atoms with Gasteiger partial charge in [-0.1, -0.05) is 0 Å². The Morgan fingerprint density at radius 3 is 2.50 bits per heavy atom. The molecule has 0 aliphatic rings. The van der Waals surface area contributed by atoms with Gasteiger partial charge in [-0.3, -0.25) is 4.79 Å². The number of rotatable bonds is 7. The van der Waals surface area contributed by atoms with Gasteiger partial charge in [0.25, 0.3) is 0 Å². The van der Waals surface area contributed by atoms with E-state index in [9.17, 15) is 9.59 Å². The standard InChI is InChI=1S/C10H21N3O3/c1-4-16-10(15)12-8-9(14)11-6-5-7-13(2)3/h4-8H2,1-3H3,(H,11,14)(H,12,15). The molecular formula is C10H21N3O3. The lowest BCUT2D eigenvalue weighted by Gasteiger charge is -2.10. The fraction of sp³-hybridized carbons (Fsp3) is 0.800.